The largest absolute Gasteiger partial charge is 0.497 e. The van der Waals surface area contributed by atoms with Crippen molar-refractivity contribution in [2.75, 3.05) is 7.11 Å². The first-order valence-electron chi connectivity index (χ1n) is 6.20. The summed E-state index contributed by atoms with van der Waals surface area (Å²) in [6, 6.07) is 7.27. The molecule has 2 N–H and O–H groups in total. The van der Waals surface area contributed by atoms with Crippen molar-refractivity contribution in [1.29, 1.82) is 0 Å². The van der Waals surface area contributed by atoms with E-state index in [4.69, 9.17) is 9.84 Å². The van der Waals surface area contributed by atoms with Crippen LogP contribution in [0.25, 0.3) is 0 Å². The Hall–Kier alpha value is -2.04. The van der Waals surface area contributed by atoms with Crippen molar-refractivity contribution in [2.24, 2.45) is 11.8 Å². The number of carbonyl (C=O) groups excluding carboxylic acids is 1. The van der Waals surface area contributed by atoms with Gasteiger partial charge in [-0.05, 0) is 31.0 Å². The van der Waals surface area contributed by atoms with Crippen molar-refractivity contribution >= 4 is 11.9 Å². The molecule has 2 unspecified atom stereocenters. The fraction of sp³-hybridized carbons (Fsp3) is 0.429. The molecule has 1 aliphatic carbocycles. The Morgan fingerprint density at radius 2 is 2.16 bits per heavy atom. The number of amides is 1. The summed E-state index contributed by atoms with van der Waals surface area (Å²) >= 11 is 0. The standard InChI is InChI=1S/C14H17NO4/c1-8(9-4-3-5-10(6-9)19-2)15-13(16)11-7-12(11)14(17)18/h3-6,8,11-12H,7H2,1-2H3,(H,15,16)(H,17,18)/t8-,11?,12?/m1/s1. The number of carbonyl (C=O) groups is 2. The van der Waals surface area contributed by atoms with Crippen molar-refractivity contribution in [2.45, 2.75) is 19.4 Å². The fourth-order valence-electron chi connectivity index (χ4n) is 2.07. The van der Waals surface area contributed by atoms with Gasteiger partial charge in [-0.15, -0.1) is 0 Å². The average molecular weight is 263 g/mol. The van der Waals surface area contributed by atoms with Gasteiger partial charge in [-0.3, -0.25) is 9.59 Å². The molecule has 0 aromatic heterocycles. The van der Waals surface area contributed by atoms with E-state index in [0.29, 0.717) is 6.42 Å². The predicted molar refractivity (Wildman–Crippen MR) is 68.8 cm³/mol. The van der Waals surface area contributed by atoms with Crippen LogP contribution in [0.4, 0.5) is 0 Å². The quantitative estimate of drug-likeness (QED) is 0.846. The highest BCUT2D eigenvalue weighted by Crippen LogP contribution is 2.39. The van der Waals surface area contributed by atoms with Crippen LogP contribution in [0.1, 0.15) is 24.9 Å². The second kappa shape index (κ2) is 5.30. The Morgan fingerprint density at radius 1 is 1.42 bits per heavy atom. The Balaban J connectivity index is 1.95. The summed E-state index contributed by atoms with van der Waals surface area (Å²) in [6.07, 6.45) is 0.437. The average Bonchev–Trinajstić information content (AvgIpc) is 3.19. The molecular weight excluding hydrogens is 246 g/mol. The number of methoxy groups -OCH3 is 1. The number of hydrogen-bond donors (Lipinski definition) is 2. The lowest BCUT2D eigenvalue weighted by molar-refractivity contribution is -0.140. The summed E-state index contributed by atoms with van der Waals surface area (Å²) in [4.78, 5) is 22.6. The molecule has 102 valence electrons. The first-order chi connectivity index (χ1) is 9.02. The molecule has 1 saturated carbocycles. The summed E-state index contributed by atoms with van der Waals surface area (Å²) in [5.41, 5.74) is 0.931. The molecule has 1 fully saturated rings. The van der Waals surface area contributed by atoms with Gasteiger partial charge in [0.15, 0.2) is 0 Å². The zero-order valence-electron chi connectivity index (χ0n) is 10.9. The van der Waals surface area contributed by atoms with Gasteiger partial charge in [-0.2, -0.15) is 0 Å². The van der Waals surface area contributed by atoms with E-state index in [1.165, 1.54) is 0 Å². The lowest BCUT2D eigenvalue weighted by Crippen LogP contribution is -2.29. The van der Waals surface area contributed by atoms with E-state index >= 15 is 0 Å². The second-order valence-electron chi connectivity index (χ2n) is 4.79. The van der Waals surface area contributed by atoms with Gasteiger partial charge < -0.3 is 15.2 Å². The van der Waals surface area contributed by atoms with E-state index in [-0.39, 0.29) is 17.9 Å². The molecule has 1 aliphatic rings. The summed E-state index contributed by atoms with van der Waals surface area (Å²) in [5.74, 6) is -1.26. The molecule has 1 amide bonds. The number of ether oxygens (including phenoxy) is 1. The van der Waals surface area contributed by atoms with Gasteiger partial charge in [-0.1, -0.05) is 12.1 Å². The van der Waals surface area contributed by atoms with Crippen molar-refractivity contribution in [3.05, 3.63) is 29.8 Å². The maximum absolute atomic E-state index is 11.9. The molecule has 5 nitrogen and oxygen atoms in total. The summed E-state index contributed by atoms with van der Waals surface area (Å²) in [5, 5.41) is 11.6. The van der Waals surface area contributed by atoms with E-state index in [0.717, 1.165) is 11.3 Å². The predicted octanol–water partition coefficient (Wildman–Crippen LogP) is 1.59. The smallest absolute Gasteiger partial charge is 0.307 e. The SMILES string of the molecule is COc1cccc([C@@H](C)NC(=O)C2CC2C(=O)O)c1. The number of aliphatic carboxylic acids is 1. The normalized spacial score (nSPS) is 22.4. The molecule has 1 aromatic carbocycles. The van der Waals surface area contributed by atoms with Crippen LogP contribution in [0.2, 0.25) is 0 Å². The Bertz CT molecular complexity index is 500. The first kappa shape index (κ1) is 13.4. The van der Waals surface area contributed by atoms with Gasteiger partial charge in [0.1, 0.15) is 5.75 Å². The third-order valence-electron chi connectivity index (χ3n) is 3.40. The molecule has 0 aliphatic heterocycles. The summed E-state index contributed by atoms with van der Waals surface area (Å²) in [7, 11) is 1.59. The monoisotopic (exact) mass is 263 g/mol. The van der Waals surface area contributed by atoms with Crippen molar-refractivity contribution in [1.82, 2.24) is 5.32 Å². The van der Waals surface area contributed by atoms with Crippen LogP contribution < -0.4 is 10.1 Å². The summed E-state index contributed by atoms with van der Waals surface area (Å²) < 4.78 is 5.13. The van der Waals surface area contributed by atoms with Crippen molar-refractivity contribution in [3.8, 4) is 5.75 Å². The highest BCUT2D eigenvalue weighted by atomic mass is 16.5. The van der Waals surface area contributed by atoms with Gasteiger partial charge in [0.25, 0.3) is 0 Å². The van der Waals surface area contributed by atoms with E-state index in [1.807, 2.05) is 31.2 Å². The van der Waals surface area contributed by atoms with Gasteiger partial charge >= 0.3 is 5.97 Å². The third-order valence-corrected chi connectivity index (χ3v) is 3.40. The third kappa shape index (κ3) is 3.05. The number of rotatable bonds is 5. The van der Waals surface area contributed by atoms with E-state index in [9.17, 15) is 9.59 Å². The number of carboxylic acids is 1. The van der Waals surface area contributed by atoms with Gasteiger partial charge in [-0.25, -0.2) is 0 Å². The number of benzene rings is 1. The van der Waals surface area contributed by atoms with Crippen LogP contribution in [0.15, 0.2) is 24.3 Å². The molecule has 0 bridgehead atoms. The van der Waals surface area contributed by atoms with Crippen LogP contribution in [0, 0.1) is 11.8 Å². The minimum absolute atomic E-state index is 0.169. The maximum Gasteiger partial charge on any atom is 0.307 e. The molecule has 2 rings (SSSR count). The Morgan fingerprint density at radius 3 is 2.74 bits per heavy atom. The van der Waals surface area contributed by atoms with E-state index < -0.39 is 11.9 Å². The number of hydrogen-bond acceptors (Lipinski definition) is 3. The Labute approximate surface area is 111 Å². The lowest BCUT2D eigenvalue weighted by Gasteiger charge is -2.15. The summed E-state index contributed by atoms with van der Waals surface area (Å²) in [6.45, 7) is 1.87. The maximum atomic E-state index is 11.9. The zero-order chi connectivity index (χ0) is 14.0. The molecule has 0 spiro atoms. The molecular formula is C14H17NO4. The van der Waals surface area contributed by atoms with Crippen LogP contribution in [0.3, 0.4) is 0 Å². The van der Waals surface area contributed by atoms with Gasteiger partial charge in [0, 0.05) is 0 Å². The Kier molecular flexibility index (Phi) is 3.74. The lowest BCUT2D eigenvalue weighted by atomic mass is 10.1. The van der Waals surface area contributed by atoms with Crippen LogP contribution in [0.5, 0.6) is 5.75 Å². The minimum atomic E-state index is -0.894. The molecule has 0 radical (unpaired) electrons. The minimum Gasteiger partial charge on any atom is -0.497 e. The molecule has 1 aromatic rings. The van der Waals surface area contributed by atoms with Crippen molar-refractivity contribution < 1.29 is 19.4 Å². The fourth-order valence-corrected chi connectivity index (χ4v) is 2.07. The first-order valence-corrected chi connectivity index (χ1v) is 6.20. The molecule has 0 saturated heterocycles. The second-order valence-corrected chi connectivity index (χ2v) is 4.79. The van der Waals surface area contributed by atoms with E-state index in [1.54, 1.807) is 7.11 Å². The molecule has 19 heavy (non-hydrogen) atoms. The van der Waals surface area contributed by atoms with E-state index in [2.05, 4.69) is 5.32 Å². The van der Waals surface area contributed by atoms with Gasteiger partial charge in [0.05, 0.1) is 25.0 Å². The highest BCUT2D eigenvalue weighted by molar-refractivity contribution is 5.89. The van der Waals surface area contributed by atoms with Crippen LogP contribution in [-0.2, 0) is 9.59 Å². The molecule has 3 atom stereocenters. The molecule has 5 heteroatoms. The van der Waals surface area contributed by atoms with Crippen LogP contribution >= 0.6 is 0 Å². The van der Waals surface area contributed by atoms with Crippen molar-refractivity contribution in [3.63, 3.8) is 0 Å². The number of nitrogens with one attached hydrogen (secondary N) is 1. The topological polar surface area (TPSA) is 75.6 Å². The molecule has 0 heterocycles. The van der Waals surface area contributed by atoms with Crippen LogP contribution in [-0.4, -0.2) is 24.1 Å². The zero-order valence-corrected chi connectivity index (χ0v) is 10.9. The van der Waals surface area contributed by atoms with Gasteiger partial charge in [0.2, 0.25) is 5.91 Å². The number of carboxylic acid groups (broad SMARTS) is 1. The highest BCUT2D eigenvalue weighted by Gasteiger charge is 2.48.